The Morgan fingerprint density at radius 1 is 1.00 bits per heavy atom. The van der Waals surface area contributed by atoms with Crippen LogP contribution in [-0.2, 0) is 24.2 Å². The van der Waals surface area contributed by atoms with Crippen LogP contribution >= 0.6 is 0 Å². The molecule has 2 aromatic rings. The molecule has 0 heterocycles. The topological polar surface area (TPSA) is 89.5 Å². The second-order valence-corrected chi connectivity index (χ2v) is 10.3. The van der Waals surface area contributed by atoms with E-state index in [0.717, 1.165) is 17.2 Å². The molecular weight excluding hydrogens is 421 g/mol. The van der Waals surface area contributed by atoms with E-state index in [9.17, 15) is 22.4 Å². The molecule has 1 amide bonds. The van der Waals surface area contributed by atoms with Crippen LogP contribution in [0.15, 0.2) is 41.3 Å². The molecule has 0 aliphatic heterocycles. The number of halogens is 1. The number of carbonyl (C=O) groups is 2. The first-order valence-electron chi connectivity index (χ1n) is 10.1. The van der Waals surface area contributed by atoms with E-state index in [1.165, 1.54) is 18.2 Å². The monoisotopic (exact) mass is 447 g/mol. The first kappa shape index (κ1) is 22.9. The van der Waals surface area contributed by atoms with Gasteiger partial charge in [-0.05, 0) is 74.6 Å². The van der Waals surface area contributed by atoms with Gasteiger partial charge in [0.15, 0.2) is 21.2 Å². The molecule has 0 saturated heterocycles. The number of anilines is 1. The maximum atomic E-state index is 13.6. The number of esters is 1. The summed E-state index contributed by atoms with van der Waals surface area (Å²) < 4.78 is 43.9. The van der Waals surface area contributed by atoms with Crippen LogP contribution in [-0.4, -0.2) is 31.6 Å². The lowest BCUT2D eigenvalue weighted by molar-refractivity contribution is -0.149. The van der Waals surface area contributed by atoms with E-state index in [2.05, 4.69) is 5.32 Å². The summed E-state index contributed by atoms with van der Waals surface area (Å²) in [7, 11) is -4.01. The lowest BCUT2D eigenvalue weighted by Gasteiger charge is -2.26. The van der Waals surface area contributed by atoms with E-state index in [4.69, 9.17) is 4.74 Å². The fourth-order valence-electron chi connectivity index (χ4n) is 3.77. The van der Waals surface area contributed by atoms with E-state index in [1.807, 2.05) is 13.8 Å². The van der Waals surface area contributed by atoms with Gasteiger partial charge in [-0.1, -0.05) is 25.0 Å². The number of sulfone groups is 1. The van der Waals surface area contributed by atoms with Crippen LogP contribution < -0.4 is 5.32 Å². The zero-order valence-corrected chi connectivity index (χ0v) is 18.6. The van der Waals surface area contributed by atoms with Crippen LogP contribution in [0.2, 0.25) is 0 Å². The molecule has 0 aromatic heterocycles. The lowest BCUT2D eigenvalue weighted by atomic mass is 10.1. The van der Waals surface area contributed by atoms with Crippen molar-refractivity contribution in [3.8, 4) is 0 Å². The number of amides is 1. The van der Waals surface area contributed by atoms with Crippen molar-refractivity contribution >= 4 is 27.4 Å². The average molecular weight is 448 g/mol. The Bertz CT molecular complexity index is 1120. The van der Waals surface area contributed by atoms with E-state index >= 15 is 0 Å². The molecule has 1 fully saturated rings. The molecule has 2 aromatic carbocycles. The molecule has 8 heteroatoms. The molecule has 3 rings (SSSR count). The fourth-order valence-corrected chi connectivity index (χ4v) is 5.90. The molecular formula is C23H26FNO5S. The Balaban J connectivity index is 1.76. The third kappa shape index (κ3) is 4.49. The van der Waals surface area contributed by atoms with Crippen molar-refractivity contribution in [2.45, 2.75) is 56.1 Å². The molecule has 0 bridgehead atoms. The predicted octanol–water partition coefficient (Wildman–Crippen LogP) is 4.02. The van der Waals surface area contributed by atoms with Crippen LogP contribution in [0.25, 0.3) is 0 Å². The molecule has 0 atom stereocenters. The van der Waals surface area contributed by atoms with Gasteiger partial charge in [0.05, 0.1) is 4.90 Å². The highest BCUT2D eigenvalue weighted by molar-refractivity contribution is 7.93. The Hall–Kier alpha value is -2.74. The molecule has 0 unspecified atom stereocenters. The second-order valence-electron chi connectivity index (χ2n) is 8.04. The highest BCUT2D eigenvalue weighted by atomic mass is 32.2. The largest absolute Gasteiger partial charge is 0.454 e. The first-order valence-corrected chi connectivity index (χ1v) is 11.6. The summed E-state index contributed by atoms with van der Waals surface area (Å²) >= 11 is 0. The maximum Gasteiger partial charge on any atom is 0.328 e. The Morgan fingerprint density at radius 2 is 1.65 bits per heavy atom. The van der Waals surface area contributed by atoms with Crippen LogP contribution in [0.1, 0.15) is 42.4 Å². The summed E-state index contributed by atoms with van der Waals surface area (Å²) in [5, 5.41) is 2.45. The van der Waals surface area contributed by atoms with Crippen LogP contribution in [0.5, 0.6) is 0 Å². The van der Waals surface area contributed by atoms with E-state index < -0.39 is 38.9 Å². The number of aryl methyl sites for hydroxylation is 3. The standard InChI is InChI=1S/C23H26FNO5S/c1-15-7-9-19(12-17(15)3)31(28,29)23(10-4-5-11-23)22(27)30-14-21(26)25-18-8-6-16(2)20(24)13-18/h6-9,12-13H,4-5,10-11,14H2,1-3H3,(H,25,26). The molecule has 0 radical (unpaired) electrons. The highest BCUT2D eigenvalue weighted by Gasteiger charge is 2.54. The molecule has 6 nitrogen and oxygen atoms in total. The van der Waals surface area contributed by atoms with Gasteiger partial charge in [-0.25, -0.2) is 12.8 Å². The van der Waals surface area contributed by atoms with Gasteiger partial charge in [0.25, 0.3) is 5.91 Å². The fraction of sp³-hybridized carbons (Fsp3) is 0.391. The zero-order valence-electron chi connectivity index (χ0n) is 17.8. The molecule has 1 aliphatic rings. The summed E-state index contributed by atoms with van der Waals surface area (Å²) in [6.07, 6.45) is 1.44. The van der Waals surface area contributed by atoms with Crippen molar-refractivity contribution in [2.75, 3.05) is 11.9 Å². The van der Waals surface area contributed by atoms with Crippen molar-refractivity contribution in [3.05, 3.63) is 58.9 Å². The summed E-state index contributed by atoms with van der Waals surface area (Å²) in [5.41, 5.74) is 2.42. The van der Waals surface area contributed by atoms with Crippen LogP contribution in [0.4, 0.5) is 10.1 Å². The van der Waals surface area contributed by atoms with Crippen molar-refractivity contribution in [3.63, 3.8) is 0 Å². The summed E-state index contributed by atoms with van der Waals surface area (Å²) in [4.78, 5) is 25.2. The predicted molar refractivity (Wildman–Crippen MR) is 115 cm³/mol. The van der Waals surface area contributed by atoms with Gasteiger partial charge in [0, 0.05) is 5.69 Å². The van der Waals surface area contributed by atoms with Crippen molar-refractivity contribution in [2.24, 2.45) is 0 Å². The number of benzene rings is 2. The Labute approximate surface area is 181 Å². The van der Waals surface area contributed by atoms with Gasteiger partial charge >= 0.3 is 5.97 Å². The van der Waals surface area contributed by atoms with Gasteiger partial charge in [0.2, 0.25) is 0 Å². The molecule has 1 saturated carbocycles. The van der Waals surface area contributed by atoms with E-state index in [-0.39, 0.29) is 23.4 Å². The smallest absolute Gasteiger partial charge is 0.328 e. The van der Waals surface area contributed by atoms with Crippen molar-refractivity contribution in [1.82, 2.24) is 0 Å². The zero-order chi connectivity index (χ0) is 22.8. The summed E-state index contributed by atoms with van der Waals surface area (Å²) in [6, 6.07) is 8.99. The van der Waals surface area contributed by atoms with E-state index in [1.54, 1.807) is 19.1 Å². The van der Waals surface area contributed by atoms with Crippen LogP contribution in [0.3, 0.4) is 0 Å². The molecule has 1 N–H and O–H groups in total. The normalized spacial score (nSPS) is 15.5. The number of hydrogen-bond donors (Lipinski definition) is 1. The lowest BCUT2D eigenvalue weighted by Crippen LogP contribution is -2.46. The minimum atomic E-state index is -4.01. The quantitative estimate of drug-likeness (QED) is 0.676. The van der Waals surface area contributed by atoms with Gasteiger partial charge in [-0.3, -0.25) is 9.59 Å². The number of carbonyl (C=O) groups excluding carboxylic acids is 2. The summed E-state index contributed by atoms with van der Waals surface area (Å²) in [5.74, 6) is -2.07. The number of ether oxygens (including phenoxy) is 1. The first-order chi connectivity index (χ1) is 14.6. The van der Waals surface area contributed by atoms with Crippen LogP contribution in [0, 0.1) is 26.6 Å². The Kier molecular flexibility index (Phi) is 6.50. The van der Waals surface area contributed by atoms with Gasteiger partial charge < -0.3 is 10.1 Å². The second kappa shape index (κ2) is 8.78. The molecule has 31 heavy (non-hydrogen) atoms. The molecule has 166 valence electrons. The van der Waals surface area contributed by atoms with Gasteiger partial charge in [0.1, 0.15) is 5.82 Å². The third-order valence-electron chi connectivity index (χ3n) is 5.88. The minimum absolute atomic E-state index is 0.0778. The molecule has 0 spiro atoms. The highest BCUT2D eigenvalue weighted by Crippen LogP contribution is 2.41. The van der Waals surface area contributed by atoms with Gasteiger partial charge in [-0.2, -0.15) is 0 Å². The number of nitrogens with one attached hydrogen (secondary N) is 1. The third-order valence-corrected chi connectivity index (χ3v) is 8.35. The SMILES string of the molecule is Cc1ccc(S(=O)(=O)C2(C(=O)OCC(=O)Nc3ccc(C)c(F)c3)CCCC2)cc1C. The number of hydrogen-bond acceptors (Lipinski definition) is 5. The summed E-state index contributed by atoms with van der Waals surface area (Å²) in [6.45, 7) is 4.63. The minimum Gasteiger partial charge on any atom is -0.454 e. The molecule has 1 aliphatic carbocycles. The maximum absolute atomic E-state index is 13.6. The Morgan fingerprint density at radius 3 is 2.26 bits per heavy atom. The average Bonchev–Trinajstić information content (AvgIpc) is 3.23. The van der Waals surface area contributed by atoms with Gasteiger partial charge in [-0.15, -0.1) is 0 Å². The van der Waals surface area contributed by atoms with Crippen molar-refractivity contribution < 1.29 is 27.1 Å². The van der Waals surface area contributed by atoms with Crippen molar-refractivity contribution in [1.29, 1.82) is 0 Å². The number of rotatable bonds is 6. The van der Waals surface area contributed by atoms with E-state index in [0.29, 0.717) is 18.4 Å².